The van der Waals surface area contributed by atoms with Crippen molar-refractivity contribution < 1.29 is 9.59 Å². The number of hydrogen-bond donors (Lipinski definition) is 3. The molecule has 0 saturated heterocycles. The summed E-state index contributed by atoms with van der Waals surface area (Å²) < 4.78 is 0. The summed E-state index contributed by atoms with van der Waals surface area (Å²) in [6, 6.07) is 7.17. The van der Waals surface area contributed by atoms with Gasteiger partial charge in [0, 0.05) is 11.8 Å². The number of rotatable bonds is 6. The maximum absolute atomic E-state index is 11.9. The van der Waals surface area contributed by atoms with E-state index in [1.807, 2.05) is 31.1 Å². The molecule has 1 heterocycles. The fourth-order valence-corrected chi connectivity index (χ4v) is 2.16. The molecule has 4 N–H and O–H groups in total. The zero-order chi connectivity index (χ0) is 15.4. The molecule has 6 heteroatoms. The predicted octanol–water partition coefficient (Wildman–Crippen LogP) is 1.55. The lowest BCUT2D eigenvalue weighted by Crippen LogP contribution is -2.17. The van der Waals surface area contributed by atoms with E-state index in [1.54, 1.807) is 12.1 Å². The minimum absolute atomic E-state index is 0.0421. The second kappa shape index (κ2) is 6.41. The summed E-state index contributed by atoms with van der Waals surface area (Å²) in [4.78, 5) is 28.1. The van der Waals surface area contributed by atoms with Gasteiger partial charge in [-0.25, -0.2) is 0 Å². The SMILES string of the molecule is CN(C)CCCC(=O)Nc1cccc2cc(C(N)=O)[nH]c12. The number of primary amides is 1. The van der Waals surface area contributed by atoms with E-state index in [4.69, 9.17) is 5.73 Å². The molecule has 0 saturated carbocycles. The molecule has 0 aliphatic heterocycles. The first-order valence-corrected chi connectivity index (χ1v) is 6.83. The van der Waals surface area contributed by atoms with Crippen LogP contribution in [-0.4, -0.2) is 42.3 Å². The van der Waals surface area contributed by atoms with E-state index < -0.39 is 5.91 Å². The standard InChI is InChI=1S/C15H20N4O2/c1-19(2)8-4-7-13(20)17-11-6-3-5-10-9-12(15(16)21)18-14(10)11/h3,5-6,9,18H,4,7-8H2,1-2H3,(H2,16,21)(H,17,20). The Hall–Kier alpha value is -2.34. The monoisotopic (exact) mass is 288 g/mol. The summed E-state index contributed by atoms with van der Waals surface area (Å²) >= 11 is 0. The number of carbonyl (C=O) groups is 2. The van der Waals surface area contributed by atoms with Gasteiger partial charge in [-0.05, 0) is 39.2 Å². The molecule has 0 bridgehead atoms. The largest absolute Gasteiger partial charge is 0.364 e. The summed E-state index contributed by atoms with van der Waals surface area (Å²) in [5, 5.41) is 3.71. The molecule has 0 radical (unpaired) electrons. The van der Waals surface area contributed by atoms with Crippen LogP contribution in [0.1, 0.15) is 23.3 Å². The van der Waals surface area contributed by atoms with Gasteiger partial charge in [-0.1, -0.05) is 12.1 Å². The zero-order valence-electron chi connectivity index (χ0n) is 12.3. The Bertz CT molecular complexity index is 661. The third-order valence-corrected chi connectivity index (χ3v) is 3.20. The average molecular weight is 288 g/mol. The Balaban J connectivity index is 2.11. The third-order valence-electron chi connectivity index (χ3n) is 3.20. The first-order chi connectivity index (χ1) is 9.97. The lowest BCUT2D eigenvalue weighted by molar-refractivity contribution is -0.116. The van der Waals surface area contributed by atoms with Crippen LogP contribution in [0.4, 0.5) is 5.69 Å². The molecular weight excluding hydrogens is 268 g/mol. The maximum Gasteiger partial charge on any atom is 0.265 e. The molecule has 2 rings (SSSR count). The first kappa shape index (κ1) is 15.1. The number of nitrogens with two attached hydrogens (primary N) is 1. The highest BCUT2D eigenvalue weighted by Crippen LogP contribution is 2.23. The van der Waals surface area contributed by atoms with Crippen LogP contribution >= 0.6 is 0 Å². The highest BCUT2D eigenvalue weighted by atomic mass is 16.2. The van der Waals surface area contributed by atoms with Crippen LogP contribution in [0.25, 0.3) is 10.9 Å². The van der Waals surface area contributed by atoms with Gasteiger partial charge in [0.25, 0.3) is 5.91 Å². The Morgan fingerprint density at radius 1 is 1.33 bits per heavy atom. The number of para-hydroxylation sites is 1. The van der Waals surface area contributed by atoms with Gasteiger partial charge in [-0.3, -0.25) is 9.59 Å². The van der Waals surface area contributed by atoms with Gasteiger partial charge in [-0.15, -0.1) is 0 Å². The quantitative estimate of drug-likeness (QED) is 0.753. The Kier molecular flexibility index (Phi) is 4.59. The van der Waals surface area contributed by atoms with Crippen molar-refractivity contribution in [2.75, 3.05) is 26.0 Å². The number of nitrogens with one attached hydrogen (secondary N) is 2. The molecule has 2 amide bonds. The minimum Gasteiger partial charge on any atom is -0.364 e. The number of nitrogens with zero attached hydrogens (tertiary/aromatic N) is 1. The van der Waals surface area contributed by atoms with Crippen LogP contribution in [0.3, 0.4) is 0 Å². The lowest BCUT2D eigenvalue weighted by Gasteiger charge is -2.09. The van der Waals surface area contributed by atoms with Gasteiger partial charge < -0.3 is 20.9 Å². The smallest absolute Gasteiger partial charge is 0.265 e. The highest BCUT2D eigenvalue weighted by molar-refractivity contribution is 6.04. The number of aromatic amines is 1. The van der Waals surface area contributed by atoms with Crippen molar-refractivity contribution >= 4 is 28.4 Å². The summed E-state index contributed by atoms with van der Waals surface area (Å²) in [6.45, 7) is 0.867. The number of benzene rings is 1. The predicted molar refractivity (Wildman–Crippen MR) is 83.2 cm³/mol. The molecule has 0 spiro atoms. The molecule has 2 aromatic rings. The van der Waals surface area contributed by atoms with E-state index in [1.165, 1.54) is 0 Å². The van der Waals surface area contributed by atoms with E-state index in [0.29, 0.717) is 23.3 Å². The Labute approximate surface area is 123 Å². The zero-order valence-corrected chi connectivity index (χ0v) is 12.3. The minimum atomic E-state index is -0.519. The van der Waals surface area contributed by atoms with E-state index in [2.05, 4.69) is 10.3 Å². The summed E-state index contributed by atoms with van der Waals surface area (Å²) in [7, 11) is 3.95. The van der Waals surface area contributed by atoms with Crippen LogP contribution < -0.4 is 11.1 Å². The Morgan fingerprint density at radius 2 is 2.10 bits per heavy atom. The molecular formula is C15H20N4O2. The molecule has 0 unspecified atom stereocenters. The second-order valence-electron chi connectivity index (χ2n) is 5.27. The number of carbonyl (C=O) groups excluding carboxylic acids is 2. The lowest BCUT2D eigenvalue weighted by atomic mass is 10.2. The van der Waals surface area contributed by atoms with Gasteiger partial charge in [0.05, 0.1) is 11.2 Å². The molecule has 1 aromatic carbocycles. The van der Waals surface area contributed by atoms with Gasteiger partial charge in [0.1, 0.15) is 5.69 Å². The van der Waals surface area contributed by atoms with Crippen molar-refractivity contribution in [3.8, 4) is 0 Å². The fourth-order valence-electron chi connectivity index (χ4n) is 2.16. The van der Waals surface area contributed by atoms with Crippen molar-refractivity contribution in [2.45, 2.75) is 12.8 Å². The molecule has 112 valence electrons. The molecule has 0 aliphatic carbocycles. The fraction of sp³-hybridized carbons (Fsp3) is 0.333. The van der Waals surface area contributed by atoms with Gasteiger partial charge in [0.15, 0.2) is 0 Å². The van der Waals surface area contributed by atoms with Crippen LogP contribution in [0.5, 0.6) is 0 Å². The summed E-state index contributed by atoms with van der Waals surface area (Å²) in [5.41, 5.74) is 6.97. The van der Waals surface area contributed by atoms with Crippen molar-refractivity contribution in [3.05, 3.63) is 30.0 Å². The van der Waals surface area contributed by atoms with Crippen LogP contribution in [0.2, 0.25) is 0 Å². The second-order valence-corrected chi connectivity index (χ2v) is 5.27. The maximum atomic E-state index is 11.9. The molecule has 21 heavy (non-hydrogen) atoms. The molecule has 0 fully saturated rings. The average Bonchev–Trinajstić information content (AvgIpc) is 2.83. The molecule has 0 atom stereocenters. The number of fused-ring (bicyclic) bond motifs is 1. The van der Waals surface area contributed by atoms with Gasteiger partial charge in [-0.2, -0.15) is 0 Å². The van der Waals surface area contributed by atoms with Crippen molar-refractivity contribution in [3.63, 3.8) is 0 Å². The van der Waals surface area contributed by atoms with Crippen molar-refractivity contribution in [1.29, 1.82) is 0 Å². The summed E-state index contributed by atoms with van der Waals surface area (Å²) in [6.07, 6.45) is 1.25. The third kappa shape index (κ3) is 3.82. The molecule has 6 nitrogen and oxygen atoms in total. The number of anilines is 1. The van der Waals surface area contributed by atoms with Crippen molar-refractivity contribution in [1.82, 2.24) is 9.88 Å². The molecule has 1 aromatic heterocycles. The normalized spacial score (nSPS) is 11.0. The van der Waals surface area contributed by atoms with Crippen LogP contribution in [-0.2, 0) is 4.79 Å². The summed E-state index contributed by atoms with van der Waals surface area (Å²) in [5.74, 6) is -0.561. The number of amides is 2. The van der Waals surface area contributed by atoms with Crippen LogP contribution in [0, 0.1) is 0 Å². The van der Waals surface area contributed by atoms with Crippen LogP contribution in [0.15, 0.2) is 24.3 Å². The first-order valence-electron chi connectivity index (χ1n) is 6.83. The van der Waals surface area contributed by atoms with Crippen molar-refractivity contribution in [2.24, 2.45) is 5.73 Å². The van der Waals surface area contributed by atoms with E-state index in [-0.39, 0.29) is 5.91 Å². The Morgan fingerprint density at radius 3 is 2.76 bits per heavy atom. The highest BCUT2D eigenvalue weighted by Gasteiger charge is 2.10. The van der Waals surface area contributed by atoms with E-state index in [9.17, 15) is 9.59 Å². The van der Waals surface area contributed by atoms with Gasteiger partial charge in [0.2, 0.25) is 5.91 Å². The van der Waals surface area contributed by atoms with Gasteiger partial charge >= 0.3 is 0 Å². The number of H-pyrrole nitrogens is 1. The number of hydrogen-bond acceptors (Lipinski definition) is 3. The van der Waals surface area contributed by atoms with E-state index in [0.717, 1.165) is 18.4 Å². The molecule has 0 aliphatic rings. The van der Waals surface area contributed by atoms with E-state index >= 15 is 0 Å². The topological polar surface area (TPSA) is 91.2 Å². The number of aromatic nitrogens is 1.